The summed E-state index contributed by atoms with van der Waals surface area (Å²) >= 11 is 0. The molecule has 0 saturated heterocycles. The fourth-order valence-electron chi connectivity index (χ4n) is 0.570. The van der Waals surface area contributed by atoms with E-state index in [1.807, 2.05) is 13.8 Å². The van der Waals surface area contributed by atoms with Gasteiger partial charge in [-0.05, 0) is 19.7 Å². The Morgan fingerprint density at radius 3 is 2.56 bits per heavy atom. The van der Waals surface area contributed by atoms with Crippen LogP contribution < -0.4 is 0 Å². The highest BCUT2D eigenvalue weighted by molar-refractivity contribution is 7.61. The highest BCUT2D eigenvalue weighted by Crippen LogP contribution is 2.43. The van der Waals surface area contributed by atoms with Gasteiger partial charge >= 0.3 is 0 Å². The maximum atomic E-state index is 11.1. The average Bonchev–Trinajstić information content (AvgIpc) is 1.64. The van der Waals surface area contributed by atoms with Gasteiger partial charge in [-0.15, -0.1) is 0 Å². The van der Waals surface area contributed by atoms with Crippen molar-refractivity contribution >= 4 is 7.37 Å². The fraction of sp³-hybridized carbons (Fsp3) is 0.667. The third kappa shape index (κ3) is 4.43. The van der Waals surface area contributed by atoms with Crippen LogP contribution in [0.4, 0.5) is 0 Å². The molecule has 0 radical (unpaired) electrons. The van der Waals surface area contributed by atoms with Gasteiger partial charge in [0.05, 0.1) is 6.61 Å². The molecule has 0 bridgehead atoms. The van der Waals surface area contributed by atoms with Gasteiger partial charge in [-0.2, -0.15) is 0 Å². The molecule has 1 unspecified atom stereocenters. The van der Waals surface area contributed by atoms with Gasteiger partial charge in [0.25, 0.3) is 0 Å². The Morgan fingerprint density at radius 2 is 2.22 bits per heavy atom. The number of hydrogen-bond donors (Lipinski definition) is 0. The van der Waals surface area contributed by atoms with Gasteiger partial charge in [-0.25, -0.2) is 0 Å². The van der Waals surface area contributed by atoms with Crippen molar-refractivity contribution in [1.82, 2.24) is 0 Å². The summed E-state index contributed by atoms with van der Waals surface area (Å²) in [6.07, 6.45) is 1.75. The monoisotopic (exact) mass is 148 g/mol. The quantitative estimate of drug-likeness (QED) is 0.574. The first kappa shape index (κ1) is 8.93. The van der Waals surface area contributed by atoms with Crippen molar-refractivity contribution < 1.29 is 9.09 Å². The normalized spacial score (nSPS) is 18.1. The Bertz CT molecular complexity index is 140. The molecule has 54 valence electrons. The van der Waals surface area contributed by atoms with E-state index in [0.717, 1.165) is 0 Å². The minimum atomic E-state index is -2.37. The molecular weight excluding hydrogens is 135 g/mol. The van der Waals surface area contributed by atoms with Crippen LogP contribution in [0.3, 0.4) is 0 Å². The summed E-state index contributed by atoms with van der Waals surface area (Å²) in [5, 5.41) is 0. The molecule has 0 aliphatic rings. The van der Waals surface area contributed by atoms with E-state index in [9.17, 15) is 4.57 Å². The van der Waals surface area contributed by atoms with Gasteiger partial charge in [-0.1, -0.05) is 6.08 Å². The Morgan fingerprint density at radius 1 is 1.67 bits per heavy atom. The molecule has 0 aliphatic heterocycles. The number of allylic oxidation sites excluding steroid dienone is 1. The second-order valence-corrected chi connectivity index (χ2v) is 4.18. The summed E-state index contributed by atoms with van der Waals surface area (Å²) in [6, 6.07) is 0. The lowest BCUT2D eigenvalue weighted by atomic mass is 10.8. The van der Waals surface area contributed by atoms with Crippen LogP contribution in [-0.4, -0.2) is 13.3 Å². The van der Waals surface area contributed by atoms with Crippen molar-refractivity contribution in [3.05, 3.63) is 11.9 Å². The molecule has 0 rings (SSSR count). The third-order valence-corrected chi connectivity index (χ3v) is 2.42. The van der Waals surface area contributed by atoms with Crippen LogP contribution >= 0.6 is 7.37 Å². The summed E-state index contributed by atoms with van der Waals surface area (Å²) in [5.74, 6) is 1.61. The molecule has 3 heteroatoms. The van der Waals surface area contributed by atoms with Gasteiger partial charge in [0.1, 0.15) is 0 Å². The molecule has 0 fully saturated rings. The second kappa shape index (κ2) is 3.86. The standard InChI is InChI=1S/C6H13O2P/c1-4-6-9(3,7)8-5-2/h4,6H,5H2,1-3H3/b6-4+. The topological polar surface area (TPSA) is 26.3 Å². The van der Waals surface area contributed by atoms with Gasteiger partial charge < -0.3 is 4.52 Å². The molecule has 2 nitrogen and oxygen atoms in total. The van der Waals surface area contributed by atoms with Crippen molar-refractivity contribution in [3.8, 4) is 0 Å². The lowest BCUT2D eigenvalue weighted by Crippen LogP contribution is -1.82. The smallest absolute Gasteiger partial charge is 0.221 e. The van der Waals surface area contributed by atoms with Crippen LogP contribution in [0.2, 0.25) is 0 Å². The van der Waals surface area contributed by atoms with Crippen molar-refractivity contribution in [2.24, 2.45) is 0 Å². The Labute approximate surface area is 56.4 Å². The van der Waals surface area contributed by atoms with E-state index in [-0.39, 0.29) is 0 Å². The zero-order chi connectivity index (χ0) is 7.33. The van der Waals surface area contributed by atoms with E-state index in [2.05, 4.69) is 0 Å². The molecule has 0 aromatic carbocycles. The van der Waals surface area contributed by atoms with Gasteiger partial charge in [0, 0.05) is 6.66 Å². The zero-order valence-electron chi connectivity index (χ0n) is 6.13. The first-order valence-corrected chi connectivity index (χ1v) is 5.12. The van der Waals surface area contributed by atoms with Crippen molar-refractivity contribution in [1.29, 1.82) is 0 Å². The summed E-state index contributed by atoms with van der Waals surface area (Å²) in [6.45, 7) is 5.78. The number of hydrogen-bond acceptors (Lipinski definition) is 2. The highest BCUT2D eigenvalue weighted by Gasteiger charge is 2.07. The summed E-state index contributed by atoms with van der Waals surface area (Å²) < 4.78 is 16.0. The van der Waals surface area contributed by atoms with E-state index in [1.165, 1.54) is 0 Å². The molecule has 0 aliphatic carbocycles. The number of rotatable bonds is 3. The maximum absolute atomic E-state index is 11.1. The molecule has 0 spiro atoms. The molecule has 0 aromatic heterocycles. The summed E-state index contributed by atoms with van der Waals surface area (Å²) in [5.41, 5.74) is 0. The molecule has 0 heterocycles. The SMILES string of the molecule is C/C=C/P(C)(=O)OCC. The van der Waals surface area contributed by atoms with Gasteiger partial charge in [0.2, 0.25) is 7.37 Å². The van der Waals surface area contributed by atoms with E-state index in [4.69, 9.17) is 4.52 Å². The lowest BCUT2D eigenvalue weighted by Gasteiger charge is -2.05. The molecule has 0 aromatic rings. The summed E-state index contributed by atoms with van der Waals surface area (Å²) in [7, 11) is -2.37. The molecule has 1 atom stereocenters. The minimum absolute atomic E-state index is 0.512. The largest absolute Gasteiger partial charge is 0.326 e. The molecular formula is C6H13O2P. The van der Waals surface area contributed by atoms with Crippen molar-refractivity contribution in [2.75, 3.05) is 13.3 Å². The second-order valence-electron chi connectivity index (χ2n) is 1.81. The van der Waals surface area contributed by atoms with Crippen LogP contribution in [0.5, 0.6) is 0 Å². The molecule has 0 amide bonds. The zero-order valence-corrected chi connectivity index (χ0v) is 7.02. The summed E-state index contributed by atoms with van der Waals surface area (Å²) in [4.78, 5) is 0. The maximum Gasteiger partial charge on any atom is 0.221 e. The molecule has 0 N–H and O–H groups in total. The predicted octanol–water partition coefficient (Wildman–Crippen LogP) is 2.46. The fourth-order valence-corrected chi connectivity index (χ4v) is 1.71. The van der Waals surface area contributed by atoms with Crippen LogP contribution in [-0.2, 0) is 9.09 Å². The van der Waals surface area contributed by atoms with E-state index >= 15 is 0 Å². The Kier molecular flexibility index (Phi) is 3.83. The average molecular weight is 148 g/mol. The van der Waals surface area contributed by atoms with E-state index in [1.54, 1.807) is 18.6 Å². The molecule has 0 saturated carbocycles. The van der Waals surface area contributed by atoms with Crippen LogP contribution in [0.25, 0.3) is 0 Å². The van der Waals surface area contributed by atoms with E-state index in [0.29, 0.717) is 6.61 Å². The van der Waals surface area contributed by atoms with Gasteiger partial charge in [-0.3, -0.25) is 4.57 Å². The third-order valence-electron chi connectivity index (χ3n) is 0.805. The van der Waals surface area contributed by atoms with Gasteiger partial charge in [0.15, 0.2) is 0 Å². The van der Waals surface area contributed by atoms with Crippen molar-refractivity contribution in [3.63, 3.8) is 0 Å². The predicted molar refractivity (Wildman–Crippen MR) is 40.0 cm³/mol. The van der Waals surface area contributed by atoms with Crippen molar-refractivity contribution in [2.45, 2.75) is 13.8 Å². The van der Waals surface area contributed by atoms with Crippen LogP contribution in [0.15, 0.2) is 11.9 Å². The Balaban J connectivity index is 3.87. The first-order chi connectivity index (χ1) is 4.12. The van der Waals surface area contributed by atoms with Crippen LogP contribution in [0.1, 0.15) is 13.8 Å². The Hall–Kier alpha value is -0.0700. The minimum Gasteiger partial charge on any atom is -0.326 e. The first-order valence-electron chi connectivity index (χ1n) is 2.98. The van der Waals surface area contributed by atoms with Crippen LogP contribution in [0, 0.1) is 0 Å². The highest BCUT2D eigenvalue weighted by atomic mass is 31.2. The molecule has 9 heavy (non-hydrogen) atoms. The lowest BCUT2D eigenvalue weighted by molar-refractivity contribution is 0.344. The van der Waals surface area contributed by atoms with E-state index < -0.39 is 7.37 Å².